The zero-order valence-electron chi connectivity index (χ0n) is 18.8. The van der Waals surface area contributed by atoms with Crippen LogP contribution in [0.1, 0.15) is 12.0 Å². The number of piperazine rings is 1. The number of carbonyl (C=O) groups excluding carboxylic acids is 1. The molecule has 0 unspecified atom stereocenters. The van der Waals surface area contributed by atoms with Crippen LogP contribution in [0.3, 0.4) is 0 Å². The van der Waals surface area contributed by atoms with E-state index in [4.69, 9.17) is 9.47 Å². The molecule has 7 heteroatoms. The number of ether oxygens (including phenoxy) is 2. The molecule has 1 atom stereocenters. The number of carbonyl (C=O) groups is 1. The van der Waals surface area contributed by atoms with Crippen LogP contribution in [0.4, 0.5) is 17.1 Å². The lowest BCUT2D eigenvalue weighted by molar-refractivity contribution is -0.123. The highest BCUT2D eigenvalue weighted by Crippen LogP contribution is 2.38. The summed E-state index contributed by atoms with van der Waals surface area (Å²) in [5.41, 5.74) is 4.27. The average molecular weight is 437 g/mol. The fraction of sp³-hybridized carbons (Fsp3) is 0.480. The van der Waals surface area contributed by atoms with Crippen molar-refractivity contribution in [2.45, 2.75) is 18.9 Å². The first kappa shape index (κ1) is 21.1. The Bertz CT molecular complexity index is 935. The maximum atomic E-state index is 13.0. The lowest BCUT2D eigenvalue weighted by Crippen LogP contribution is -2.45. The maximum absolute atomic E-state index is 13.0. The van der Waals surface area contributed by atoms with Gasteiger partial charge in [0.05, 0.1) is 18.9 Å². The van der Waals surface area contributed by atoms with Crippen LogP contribution in [0.15, 0.2) is 42.5 Å². The summed E-state index contributed by atoms with van der Waals surface area (Å²) < 4.78 is 11.7. The Morgan fingerprint density at radius 1 is 0.938 bits per heavy atom. The average Bonchev–Trinajstić information content (AvgIpc) is 2.85. The molecule has 7 nitrogen and oxygen atoms in total. The second-order valence-corrected chi connectivity index (χ2v) is 8.84. The number of likely N-dealkylation sites (N-methyl/N-ethyl adjacent to an activating group) is 1. The number of nitrogens with one attached hydrogen (secondary N) is 1. The van der Waals surface area contributed by atoms with E-state index >= 15 is 0 Å². The highest BCUT2D eigenvalue weighted by Gasteiger charge is 2.29. The third kappa shape index (κ3) is 4.54. The minimum atomic E-state index is -0.477. The van der Waals surface area contributed by atoms with Crippen LogP contribution < -0.4 is 19.9 Å². The van der Waals surface area contributed by atoms with Crippen LogP contribution in [-0.4, -0.2) is 76.4 Å². The number of rotatable bonds is 4. The van der Waals surface area contributed by atoms with Crippen molar-refractivity contribution in [3.63, 3.8) is 0 Å². The third-order valence-electron chi connectivity index (χ3n) is 6.66. The summed E-state index contributed by atoms with van der Waals surface area (Å²) in [7, 11) is 2.15. The maximum Gasteiger partial charge on any atom is 0.265 e. The Morgan fingerprint density at radius 2 is 1.69 bits per heavy atom. The van der Waals surface area contributed by atoms with Crippen molar-refractivity contribution in [3.8, 4) is 5.75 Å². The van der Waals surface area contributed by atoms with Gasteiger partial charge in [-0.15, -0.1) is 0 Å². The molecule has 2 aromatic carbocycles. The van der Waals surface area contributed by atoms with Gasteiger partial charge in [0.15, 0.2) is 6.10 Å². The molecule has 2 aromatic rings. The van der Waals surface area contributed by atoms with Crippen molar-refractivity contribution < 1.29 is 14.3 Å². The van der Waals surface area contributed by atoms with E-state index in [1.165, 1.54) is 5.56 Å². The first-order chi connectivity index (χ1) is 15.7. The van der Waals surface area contributed by atoms with Crippen LogP contribution in [0.5, 0.6) is 5.75 Å². The first-order valence-electron chi connectivity index (χ1n) is 11.6. The molecule has 2 fully saturated rings. The highest BCUT2D eigenvalue weighted by molar-refractivity contribution is 5.95. The van der Waals surface area contributed by atoms with Gasteiger partial charge in [-0.25, -0.2) is 0 Å². The smallest absolute Gasteiger partial charge is 0.265 e. The molecule has 5 rings (SSSR count). The zero-order chi connectivity index (χ0) is 21.9. The molecule has 0 bridgehead atoms. The molecular formula is C25H32N4O3. The zero-order valence-corrected chi connectivity index (χ0v) is 18.8. The topological polar surface area (TPSA) is 57.3 Å². The SMILES string of the molecule is CN1CCN(c2cccc3c2O[C@H](C(=O)Nc2ccc(N4CCOCC4)cc2)CC3)CC1. The molecule has 170 valence electrons. The summed E-state index contributed by atoms with van der Waals surface area (Å²) in [6, 6.07) is 14.4. The van der Waals surface area contributed by atoms with Crippen molar-refractivity contribution in [2.24, 2.45) is 0 Å². The summed E-state index contributed by atoms with van der Waals surface area (Å²) in [5, 5.41) is 3.05. The van der Waals surface area contributed by atoms with Crippen molar-refractivity contribution in [1.82, 2.24) is 4.90 Å². The van der Waals surface area contributed by atoms with E-state index in [1.807, 2.05) is 12.1 Å². The lowest BCUT2D eigenvalue weighted by atomic mass is 10.00. The number of benzene rings is 2. The lowest BCUT2D eigenvalue weighted by Gasteiger charge is -2.36. The van der Waals surface area contributed by atoms with Crippen molar-refractivity contribution >= 4 is 23.0 Å². The molecule has 32 heavy (non-hydrogen) atoms. The van der Waals surface area contributed by atoms with Gasteiger partial charge in [-0.3, -0.25) is 4.79 Å². The second kappa shape index (κ2) is 9.38. The summed E-state index contributed by atoms with van der Waals surface area (Å²) in [6.45, 7) is 7.34. The van der Waals surface area contributed by atoms with Crippen LogP contribution in [0.2, 0.25) is 0 Å². The molecule has 1 N–H and O–H groups in total. The molecular weight excluding hydrogens is 404 g/mol. The predicted molar refractivity (Wildman–Crippen MR) is 127 cm³/mol. The number of amides is 1. The number of anilines is 3. The Hall–Kier alpha value is -2.77. The van der Waals surface area contributed by atoms with E-state index in [1.54, 1.807) is 0 Å². The van der Waals surface area contributed by atoms with E-state index in [0.717, 1.165) is 81.7 Å². The third-order valence-corrected chi connectivity index (χ3v) is 6.66. The summed E-state index contributed by atoms with van der Waals surface area (Å²) in [6.07, 6.45) is 1.07. The van der Waals surface area contributed by atoms with Gasteiger partial charge in [0.2, 0.25) is 0 Å². The molecule has 1 amide bonds. The number of para-hydroxylation sites is 1. The number of hydrogen-bond acceptors (Lipinski definition) is 6. The van der Waals surface area contributed by atoms with E-state index in [-0.39, 0.29) is 5.91 Å². The number of nitrogens with zero attached hydrogens (tertiary/aromatic N) is 3. The molecule has 0 spiro atoms. The minimum Gasteiger partial charge on any atom is -0.478 e. The van der Waals surface area contributed by atoms with E-state index in [2.05, 4.69) is 57.4 Å². The van der Waals surface area contributed by atoms with E-state index in [0.29, 0.717) is 6.42 Å². The van der Waals surface area contributed by atoms with Crippen molar-refractivity contribution in [2.75, 3.05) is 74.6 Å². The minimum absolute atomic E-state index is 0.0806. The molecule has 0 aliphatic carbocycles. The molecule has 3 aliphatic heterocycles. The van der Waals surface area contributed by atoms with Gasteiger partial charge in [-0.1, -0.05) is 12.1 Å². The Kier molecular flexibility index (Phi) is 6.19. The molecule has 0 aromatic heterocycles. The fourth-order valence-electron chi connectivity index (χ4n) is 4.67. The van der Waals surface area contributed by atoms with Crippen molar-refractivity contribution in [1.29, 1.82) is 0 Å². The summed E-state index contributed by atoms with van der Waals surface area (Å²) in [4.78, 5) is 20.0. The van der Waals surface area contributed by atoms with Crippen LogP contribution >= 0.6 is 0 Å². The Balaban J connectivity index is 1.25. The molecule has 0 radical (unpaired) electrons. The van der Waals surface area contributed by atoms with Crippen molar-refractivity contribution in [3.05, 3.63) is 48.0 Å². The molecule has 3 heterocycles. The fourth-order valence-corrected chi connectivity index (χ4v) is 4.67. The van der Waals surface area contributed by atoms with Crippen LogP contribution in [0.25, 0.3) is 0 Å². The number of hydrogen-bond donors (Lipinski definition) is 1. The number of aryl methyl sites for hydroxylation is 1. The van der Waals surface area contributed by atoms with Gasteiger partial charge >= 0.3 is 0 Å². The van der Waals surface area contributed by atoms with Gasteiger partial charge in [-0.2, -0.15) is 0 Å². The Labute approximate surface area is 189 Å². The molecule has 3 aliphatic rings. The monoisotopic (exact) mass is 436 g/mol. The van der Waals surface area contributed by atoms with Gasteiger partial charge < -0.3 is 29.5 Å². The first-order valence-corrected chi connectivity index (χ1v) is 11.6. The van der Waals surface area contributed by atoms with Crippen LogP contribution in [0, 0.1) is 0 Å². The van der Waals surface area contributed by atoms with Gasteiger partial charge in [-0.05, 0) is 55.8 Å². The normalized spacial score (nSPS) is 21.6. The standard InChI is InChI=1S/C25H32N4O3/c1-27-11-13-29(14-12-27)22-4-2-3-19-5-10-23(32-24(19)22)25(30)26-20-6-8-21(9-7-20)28-15-17-31-18-16-28/h2-4,6-9,23H,5,10-18H2,1H3,(H,26,30)/t23-/m0/s1. The predicted octanol–water partition coefficient (Wildman–Crippen LogP) is 2.61. The molecule has 0 saturated carbocycles. The molecule has 2 saturated heterocycles. The Morgan fingerprint density at radius 3 is 2.44 bits per heavy atom. The van der Waals surface area contributed by atoms with Gasteiger partial charge in [0, 0.05) is 50.6 Å². The van der Waals surface area contributed by atoms with E-state index < -0.39 is 6.10 Å². The summed E-state index contributed by atoms with van der Waals surface area (Å²) in [5.74, 6) is 0.800. The number of fused-ring (bicyclic) bond motifs is 1. The quantitative estimate of drug-likeness (QED) is 0.795. The van der Waals surface area contributed by atoms with Gasteiger partial charge in [0.1, 0.15) is 5.75 Å². The van der Waals surface area contributed by atoms with Gasteiger partial charge in [0.25, 0.3) is 5.91 Å². The number of morpholine rings is 1. The largest absolute Gasteiger partial charge is 0.478 e. The second-order valence-electron chi connectivity index (χ2n) is 8.84. The van der Waals surface area contributed by atoms with E-state index in [9.17, 15) is 4.79 Å². The summed E-state index contributed by atoms with van der Waals surface area (Å²) >= 11 is 0. The highest BCUT2D eigenvalue weighted by atomic mass is 16.5. The van der Waals surface area contributed by atoms with Crippen LogP contribution in [-0.2, 0) is 16.0 Å².